The van der Waals surface area contributed by atoms with Crippen LogP contribution in [0.5, 0.6) is 0 Å². The molecule has 118 valence electrons. The molecule has 1 saturated heterocycles. The summed E-state index contributed by atoms with van der Waals surface area (Å²) in [5.41, 5.74) is 1.10. The summed E-state index contributed by atoms with van der Waals surface area (Å²) < 4.78 is 35.1. The Balaban J connectivity index is 1.88. The van der Waals surface area contributed by atoms with Gasteiger partial charge in [0.15, 0.2) is 0 Å². The van der Waals surface area contributed by atoms with E-state index in [1.807, 2.05) is 0 Å². The van der Waals surface area contributed by atoms with E-state index in [0.29, 0.717) is 6.42 Å². The summed E-state index contributed by atoms with van der Waals surface area (Å²) in [6.45, 7) is 1.87. The van der Waals surface area contributed by atoms with Crippen LogP contribution in [0.4, 0.5) is 4.39 Å². The molecule has 0 aromatic heterocycles. The topological polar surface area (TPSA) is 63.4 Å². The fourth-order valence-electron chi connectivity index (χ4n) is 2.91. The first-order valence-electron chi connectivity index (χ1n) is 7.43. The average molecular weight is 314 g/mol. The summed E-state index contributed by atoms with van der Waals surface area (Å²) in [7, 11) is -3.39. The van der Waals surface area contributed by atoms with Gasteiger partial charge in [-0.05, 0) is 49.9 Å². The minimum atomic E-state index is -3.39. The van der Waals surface area contributed by atoms with Crippen LogP contribution in [0.2, 0.25) is 0 Å². The fraction of sp³-hybridized carbons (Fsp3) is 0.600. The number of halogens is 1. The van der Waals surface area contributed by atoms with Crippen LogP contribution in [-0.2, 0) is 16.4 Å². The quantitative estimate of drug-likeness (QED) is 0.872. The Morgan fingerprint density at radius 3 is 2.62 bits per heavy atom. The minimum absolute atomic E-state index is 0.0463. The van der Waals surface area contributed by atoms with Gasteiger partial charge in [-0.25, -0.2) is 17.9 Å². The Kier molecular flexibility index (Phi) is 5.72. The lowest BCUT2D eigenvalue weighted by molar-refractivity contribution is 0.146. The Labute approximate surface area is 126 Å². The highest BCUT2D eigenvalue weighted by Crippen LogP contribution is 2.20. The maximum Gasteiger partial charge on any atom is 0.209 e. The van der Waals surface area contributed by atoms with Crippen molar-refractivity contribution in [2.24, 2.45) is 5.14 Å². The van der Waals surface area contributed by atoms with Crippen molar-refractivity contribution in [1.29, 1.82) is 0 Å². The van der Waals surface area contributed by atoms with Crippen LogP contribution < -0.4 is 5.14 Å². The van der Waals surface area contributed by atoms with Crippen LogP contribution in [0.3, 0.4) is 0 Å². The summed E-state index contributed by atoms with van der Waals surface area (Å²) in [6.07, 6.45) is 4.77. The molecule has 1 aromatic rings. The van der Waals surface area contributed by atoms with Crippen LogP contribution in [0.25, 0.3) is 0 Å². The standard InChI is InChI=1S/C15H23FN2O2S/c16-14-6-4-13(5-7-14)8-11-18-10-2-1-3-15(18)9-12-21(17,19)20/h4-7,15H,1-3,8-12H2,(H2,17,19,20). The number of nitrogens with zero attached hydrogens (tertiary/aromatic N) is 1. The number of hydrogen-bond acceptors (Lipinski definition) is 3. The first-order valence-corrected chi connectivity index (χ1v) is 9.14. The normalized spacial score (nSPS) is 20.6. The average Bonchev–Trinajstić information content (AvgIpc) is 2.44. The number of benzene rings is 1. The molecule has 0 spiro atoms. The van der Waals surface area contributed by atoms with Crippen molar-refractivity contribution in [1.82, 2.24) is 4.90 Å². The van der Waals surface area contributed by atoms with Gasteiger partial charge in [0, 0.05) is 12.6 Å². The van der Waals surface area contributed by atoms with Crippen molar-refractivity contribution in [3.05, 3.63) is 35.6 Å². The summed E-state index contributed by atoms with van der Waals surface area (Å²) in [5, 5.41) is 5.10. The molecule has 0 radical (unpaired) electrons. The van der Waals surface area contributed by atoms with E-state index in [-0.39, 0.29) is 17.6 Å². The number of primary sulfonamides is 1. The highest BCUT2D eigenvalue weighted by molar-refractivity contribution is 7.89. The van der Waals surface area contributed by atoms with E-state index in [1.54, 1.807) is 12.1 Å². The number of likely N-dealkylation sites (tertiary alicyclic amines) is 1. The third kappa shape index (κ3) is 5.73. The van der Waals surface area contributed by atoms with E-state index in [9.17, 15) is 12.8 Å². The Morgan fingerprint density at radius 1 is 1.24 bits per heavy atom. The SMILES string of the molecule is NS(=O)(=O)CCC1CCCCN1CCc1ccc(F)cc1. The number of sulfonamides is 1. The molecule has 1 unspecified atom stereocenters. The van der Waals surface area contributed by atoms with Crippen LogP contribution >= 0.6 is 0 Å². The largest absolute Gasteiger partial charge is 0.300 e. The number of rotatable bonds is 6. The van der Waals surface area contributed by atoms with E-state index in [4.69, 9.17) is 5.14 Å². The Bertz CT molecular complexity index is 545. The zero-order valence-corrected chi connectivity index (χ0v) is 13.0. The van der Waals surface area contributed by atoms with Crippen molar-refractivity contribution in [3.63, 3.8) is 0 Å². The summed E-state index contributed by atoms with van der Waals surface area (Å²) >= 11 is 0. The molecule has 1 atom stereocenters. The first-order chi connectivity index (χ1) is 9.94. The zero-order chi connectivity index (χ0) is 15.3. The zero-order valence-electron chi connectivity index (χ0n) is 12.2. The van der Waals surface area contributed by atoms with Crippen molar-refractivity contribution >= 4 is 10.0 Å². The predicted octanol–water partition coefficient (Wildman–Crippen LogP) is 1.90. The highest BCUT2D eigenvalue weighted by atomic mass is 32.2. The smallest absolute Gasteiger partial charge is 0.209 e. The monoisotopic (exact) mass is 314 g/mol. The van der Waals surface area contributed by atoms with Gasteiger partial charge in [0.05, 0.1) is 5.75 Å². The molecule has 1 aliphatic rings. The number of hydrogen-bond donors (Lipinski definition) is 1. The highest BCUT2D eigenvalue weighted by Gasteiger charge is 2.23. The second-order valence-corrected chi connectivity index (χ2v) is 7.45. The van der Waals surface area contributed by atoms with E-state index >= 15 is 0 Å². The molecule has 21 heavy (non-hydrogen) atoms. The summed E-state index contributed by atoms with van der Waals surface area (Å²) in [6, 6.07) is 6.85. The van der Waals surface area contributed by atoms with Crippen molar-refractivity contribution in [2.75, 3.05) is 18.8 Å². The Hall–Kier alpha value is -0.980. The summed E-state index contributed by atoms with van der Waals surface area (Å²) in [4.78, 5) is 2.35. The first kappa shape index (κ1) is 16.4. The molecular formula is C15H23FN2O2S. The van der Waals surface area contributed by atoms with E-state index < -0.39 is 10.0 Å². The van der Waals surface area contributed by atoms with Gasteiger partial charge in [0.2, 0.25) is 10.0 Å². The lowest BCUT2D eigenvalue weighted by Crippen LogP contribution is -2.42. The van der Waals surface area contributed by atoms with Crippen molar-refractivity contribution in [2.45, 2.75) is 38.1 Å². The maximum absolute atomic E-state index is 12.9. The van der Waals surface area contributed by atoms with Gasteiger partial charge in [-0.3, -0.25) is 0 Å². The number of piperidine rings is 1. The number of nitrogens with two attached hydrogens (primary N) is 1. The second-order valence-electron chi connectivity index (χ2n) is 5.72. The van der Waals surface area contributed by atoms with Gasteiger partial charge in [-0.15, -0.1) is 0 Å². The minimum Gasteiger partial charge on any atom is -0.300 e. The molecule has 0 saturated carbocycles. The molecule has 0 amide bonds. The van der Waals surface area contributed by atoms with Crippen LogP contribution in [0.15, 0.2) is 24.3 Å². The second kappa shape index (κ2) is 7.33. The van der Waals surface area contributed by atoms with Crippen LogP contribution in [0.1, 0.15) is 31.2 Å². The molecule has 1 heterocycles. The van der Waals surface area contributed by atoms with Gasteiger partial charge < -0.3 is 4.90 Å². The molecular weight excluding hydrogens is 291 g/mol. The molecule has 2 N–H and O–H groups in total. The van der Waals surface area contributed by atoms with Gasteiger partial charge in [0.25, 0.3) is 0 Å². The molecule has 4 nitrogen and oxygen atoms in total. The fourth-order valence-corrected chi connectivity index (χ4v) is 3.51. The Morgan fingerprint density at radius 2 is 1.95 bits per heavy atom. The third-order valence-electron chi connectivity index (χ3n) is 4.09. The molecule has 1 aliphatic heterocycles. The molecule has 1 fully saturated rings. The van der Waals surface area contributed by atoms with E-state index in [0.717, 1.165) is 44.3 Å². The van der Waals surface area contributed by atoms with E-state index in [1.165, 1.54) is 12.1 Å². The predicted molar refractivity (Wildman–Crippen MR) is 81.9 cm³/mol. The molecule has 0 aliphatic carbocycles. The van der Waals surface area contributed by atoms with Gasteiger partial charge in [0.1, 0.15) is 5.82 Å². The van der Waals surface area contributed by atoms with Crippen LogP contribution in [-0.4, -0.2) is 38.2 Å². The lowest BCUT2D eigenvalue weighted by Gasteiger charge is -2.35. The van der Waals surface area contributed by atoms with Crippen LogP contribution in [0, 0.1) is 5.82 Å². The maximum atomic E-state index is 12.9. The van der Waals surface area contributed by atoms with Gasteiger partial charge >= 0.3 is 0 Å². The molecule has 6 heteroatoms. The van der Waals surface area contributed by atoms with Crippen molar-refractivity contribution in [3.8, 4) is 0 Å². The van der Waals surface area contributed by atoms with Crippen molar-refractivity contribution < 1.29 is 12.8 Å². The third-order valence-corrected chi connectivity index (χ3v) is 4.89. The molecule has 2 rings (SSSR count). The van der Waals surface area contributed by atoms with Gasteiger partial charge in [-0.2, -0.15) is 0 Å². The van der Waals surface area contributed by atoms with Gasteiger partial charge in [-0.1, -0.05) is 18.6 Å². The molecule has 0 bridgehead atoms. The lowest BCUT2D eigenvalue weighted by atomic mass is 9.99. The molecule has 1 aromatic carbocycles. The van der Waals surface area contributed by atoms with E-state index in [2.05, 4.69) is 4.90 Å². The summed E-state index contributed by atoms with van der Waals surface area (Å²) in [5.74, 6) is -0.173.